The van der Waals surface area contributed by atoms with Gasteiger partial charge < -0.3 is 20.0 Å². The van der Waals surface area contributed by atoms with Crippen molar-refractivity contribution in [3.05, 3.63) is 71.5 Å². The number of amides is 3. The molecule has 1 unspecified atom stereocenters. The molecule has 1 fully saturated rings. The quantitative estimate of drug-likeness (QED) is 0.482. The summed E-state index contributed by atoms with van der Waals surface area (Å²) >= 11 is 0. The second-order valence-corrected chi connectivity index (χ2v) is 11.6. The largest absolute Gasteiger partial charge is 0.458 e. The number of para-hydroxylation sites is 1. The van der Waals surface area contributed by atoms with Crippen molar-refractivity contribution in [2.24, 2.45) is 11.8 Å². The number of rotatable bonds is 7. The van der Waals surface area contributed by atoms with Crippen molar-refractivity contribution in [1.29, 1.82) is 5.26 Å². The van der Waals surface area contributed by atoms with Gasteiger partial charge in [0.1, 0.15) is 29.0 Å². The third kappa shape index (κ3) is 5.14. The average Bonchev–Trinajstić information content (AvgIpc) is 3.51. The SMILES string of the molecule is CC(C)C[C@@H]1C(=O)N[C@H](C2Cc3ccccc3C2)C(=O)N1C(C(=O)NC(C)(C)C#N)c1cc2ccccc2o1. The first kappa shape index (κ1) is 26.5. The van der Waals surface area contributed by atoms with Crippen molar-refractivity contribution >= 4 is 28.7 Å². The van der Waals surface area contributed by atoms with E-state index in [1.54, 1.807) is 26.0 Å². The molecule has 0 radical (unpaired) electrons. The number of piperazine rings is 1. The molecule has 39 heavy (non-hydrogen) atoms. The Morgan fingerprint density at radius 1 is 1.13 bits per heavy atom. The highest BCUT2D eigenvalue weighted by Crippen LogP contribution is 2.37. The topological polar surface area (TPSA) is 115 Å². The van der Waals surface area contributed by atoms with E-state index in [0.29, 0.717) is 24.8 Å². The van der Waals surface area contributed by atoms with E-state index in [1.807, 2.05) is 44.2 Å². The summed E-state index contributed by atoms with van der Waals surface area (Å²) in [4.78, 5) is 43.4. The second kappa shape index (κ2) is 10.2. The van der Waals surface area contributed by atoms with Crippen LogP contribution in [0.5, 0.6) is 0 Å². The fourth-order valence-electron chi connectivity index (χ4n) is 5.81. The Kier molecular flexibility index (Phi) is 6.94. The van der Waals surface area contributed by atoms with Gasteiger partial charge in [-0.25, -0.2) is 0 Å². The van der Waals surface area contributed by atoms with Crippen LogP contribution in [0.15, 0.2) is 59.0 Å². The number of carbonyl (C=O) groups is 3. The number of hydrogen-bond donors (Lipinski definition) is 2. The monoisotopic (exact) mass is 526 g/mol. The van der Waals surface area contributed by atoms with Crippen molar-refractivity contribution < 1.29 is 18.8 Å². The minimum Gasteiger partial charge on any atom is -0.458 e. The number of carbonyl (C=O) groups excluding carboxylic acids is 3. The van der Waals surface area contributed by atoms with Crippen LogP contribution in [0.25, 0.3) is 11.0 Å². The lowest BCUT2D eigenvalue weighted by Crippen LogP contribution is -2.67. The molecule has 2 heterocycles. The lowest BCUT2D eigenvalue weighted by molar-refractivity contribution is -0.158. The smallest absolute Gasteiger partial charge is 0.251 e. The first-order valence-corrected chi connectivity index (χ1v) is 13.5. The molecule has 2 aromatic carbocycles. The van der Waals surface area contributed by atoms with Crippen LogP contribution in [0, 0.1) is 23.2 Å². The van der Waals surface area contributed by atoms with Crippen LogP contribution in [0.2, 0.25) is 0 Å². The maximum atomic E-state index is 14.4. The van der Waals surface area contributed by atoms with Crippen molar-refractivity contribution in [1.82, 2.24) is 15.5 Å². The molecular weight excluding hydrogens is 492 g/mol. The van der Waals surface area contributed by atoms with Crippen molar-refractivity contribution in [3.63, 3.8) is 0 Å². The number of nitriles is 1. The minimum absolute atomic E-state index is 0.0817. The third-order valence-corrected chi connectivity index (χ3v) is 7.66. The standard InChI is InChI=1S/C31H34N4O4/c1-18(2)13-23-28(36)33-26(22-14-19-9-5-6-10-20(19)15-22)30(38)35(23)27(29(37)34-31(3,4)17-32)25-16-21-11-7-8-12-24(21)39-25/h5-12,16,18,22-23,26-27H,13-15H2,1-4H3,(H,33,36)(H,34,37)/t23-,26-,27?/m1/s1. The zero-order valence-corrected chi connectivity index (χ0v) is 22.7. The van der Waals surface area contributed by atoms with Crippen LogP contribution in [0.1, 0.15) is 57.0 Å². The summed E-state index contributed by atoms with van der Waals surface area (Å²) in [5.41, 5.74) is 1.72. The summed E-state index contributed by atoms with van der Waals surface area (Å²) in [5.74, 6) is -0.945. The Labute approximate surface area is 228 Å². The molecular formula is C31H34N4O4. The molecule has 0 bridgehead atoms. The van der Waals surface area contributed by atoms with Gasteiger partial charge in [-0.1, -0.05) is 56.3 Å². The highest BCUT2D eigenvalue weighted by Gasteiger charge is 2.50. The molecule has 5 rings (SSSR count). The Bertz CT molecular complexity index is 1410. The van der Waals surface area contributed by atoms with Crippen LogP contribution < -0.4 is 10.6 Å². The molecule has 1 aliphatic heterocycles. The third-order valence-electron chi connectivity index (χ3n) is 7.66. The lowest BCUT2D eigenvalue weighted by Gasteiger charge is -2.44. The number of furan rings is 1. The van der Waals surface area contributed by atoms with Gasteiger partial charge in [0.2, 0.25) is 11.8 Å². The van der Waals surface area contributed by atoms with Crippen LogP contribution in [-0.4, -0.2) is 40.2 Å². The summed E-state index contributed by atoms with van der Waals surface area (Å²) in [7, 11) is 0. The number of fused-ring (bicyclic) bond motifs is 2. The van der Waals surface area contributed by atoms with Crippen LogP contribution >= 0.6 is 0 Å². The van der Waals surface area contributed by atoms with Gasteiger partial charge in [0.05, 0.1) is 6.07 Å². The Morgan fingerprint density at radius 3 is 2.38 bits per heavy atom. The minimum atomic E-state index is -1.22. The zero-order valence-electron chi connectivity index (χ0n) is 22.7. The van der Waals surface area contributed by atoms with Gasteiger partial charge in [0, 0.05) is 5.39 Å². The Morgan fingerprint density at radius 2 is 1.77 bits per heavy atom. The van der Waals surface area contributed by atoms with E-state index >= 15 is 0 Å². The van der Waals surface area contributed by atoms with Crippen LogP contribution in [0.4, 0.5) is 0 Å². The molecule has 0 saturated carbocycles. The predicted molar refractivity (Wildman–Crippen MR) is 146 cm³/mol. The Hall–Kier alpha value is -4.12. The van der Waals surface area contributed by atoms with E-state index in [2.05, 4.69) is 28.8 Å². The average molecular weight is 527 g/mol. The lowest BCUT2D eigenvalue weighted by atomic mass is 9.88. The van der Waals surface area contributed by atoms with E-state index in [1.165, 1.54) is 16.0 Å². The van der Waals surface area contributed by atoms with Gasteiger partial charge in [-0.15, -0.1) is 0 Å². The van der Waals surface area contributed by atoms with E-state index < -0.39 is 29.6 Å². The maximum absolute atomic E-state index is 14.4. The van der Waals surface area contributed by atoms with Crippen LogP contribution in [-0.2, 0) is 27.2 Å². The van der Waals surface area contributed by atoms with Gasteiger partial charge in [0.15, 0.2) is 6.04 Å². The molecule has 3 amide bonds. The number of hydrogen-bond acceptors (Lipinski definition) is 5. The summed E-state index contributed by atoms with van der Waals surface area (Å²) < 4.78 is 6.13. The van der Waals surface area contributed by atoms with Crippen molar-refractivity contribution in [3.8, 4) is 6.07 Å². The number of benzene rings is 2. The molecule has 202 valence electrons. The number of nitrogens with zero attached hydrogens (tertiary/aromatic N) is 2. The molecule has 1 aliphatic carbocycles. The number of nitrogens with one attached hydrogen (secondary N) is 2. The van der Waals surface area contributed by atoms with E-state index in [0.717, 1.165) is 5.39 Å². The van der Waals surface area contributed by atoms with Gasteiger partial charge in [0.25, 0.3) is 5.91 Å². The van der Waals surface area contributed by atoms with Crippen molar-refractivity contribution in [2.45, 2.75) is 70.6 Å². The summed E-state index contributed by atoms with van der Waals surface area (Å²) in [5, 5.41) is 16.2. The molecule has 8 heteroatoms. The Balaban J connectivity index is 1.59. The molecule has 2 N–H and O–H groups in total. The van der Waals surface area contributed by atoms with Crippen molar-refractivity contribution in [2.75, 3.05) is 0 Å². The molecule has 0 spiro atoms. The molecule has 3 aromatic rings. The second-order valence-electron chi connectivity index (χ2n) is 11.6. The van der Waals surface area contributed by atoms with Gasteiger partial charge >= 0.3 is 0 Å². The summed E-state index contributed by atoms with van der Waals surface area (Å²) in [6.45, 7) is 7.14. The van der Waals surface area contributed by atoms with Gasteiger partial charge in [-0.3, -0.25) is 14.4 Å². The fraction of sp³-hybridized carbons (Fsp3) is 0.419. The summed E-state index contributed by atoms with van der Waals surface area (Å²) in [6.07, 6.45) is 1.71. The molecule has 2 aliphatic rings. The fourth-order valence-corrected chi connectivity index (χ4v) is 5.81. The highest BCUT2D eigenvalue weighted by molar-refractivity contribution is 6.00. The zero-order chi connectivity index (χ0) is 27.9. The molecule has 1 aromatic heterocycles. The predicted octanol–water partition coefficient (Wildman–Crippen LogP) is 4.05. The van der Waals surface area contributed by atoms with Gasteiger partial charge in [-0.2, -0.15) is 5.26 Å². The molecule has 8 nitrogen and oxygen atoms in total. The maximum Gasteiger partial charge on any atom is 0.251 e. The molecule has 1 saturated heterocycles. The highest BCUT2D eigenvalue weighted by atomic mass is 16.3. The first-order valence-electron chi connectivity index (χ1n) is 13.5. The molecule has 3 atom stereocenters. The van der Waals surface area contributed by atoms with Gasteiger partial charge in [-0.05, 0) is 68.2 Å². The summed E-state index contributed by atoms with van der Waals surface area (Å²) in [6, 6.07) is 16.4. The van der Waals surface area contributed by atoms with E-state index in [4.69, 9.17) is 4.42 Å². The first-order chi connectivity index (χ1) is 18.6. The van der Waals surface area contributed by atoms with Crippen LogP contribution in [0.3, 0.4) is 0 Å². The van der Waals surface area contributed by atoms with E-state index in [9.17, 15) is 19.6 Å². The normalized spacial score (nSPS) is 20.6. The van der Waals surface area contributed by atoms with E-state index in [-0.39, 0.29) is 29.4 Å².